The Morgan fingerprint density at radius 3 is 2.36 bits per heavy atom. The molecular formula is C17H24FN3O3S. The van der Waals surface area contributed by atoms with Crippen LogP contribution < -0.4 is 10.6 Å². The summed E-state index contributed by atoms with van der Waals surface area (Å²) in [5.74, 6) is -0.259. The van der Waals surface area contributed by atoms with E-state index in [1.807, 2.05) is 0 Å². The van der Waals surface area contributed by atoms with Gasteiger partial charge in [-0.25, -0.2) is 21.9 Å². The molecule has 2 fully saturated rings. The Balaban J connectivity index is 1.45. The van der Waals surface area contributed by atoms with Crippen molar-refractivity contribution in [3.05, 3.63) is 35.6 Å². The molecule has 0 bridgehead atoms. The van der Waals surface area contributed by atoms with Gasteiger partial charge in [0.15, 0.2) is 0 Å². The van der Waals surface area contributed by atoms with Crippen LogP contribution in [0.3, 0.4) is 0 Å². The normalized spacial score (nSPS) is 20.9. The van der Waals surface area contributed by atoms with E-state index in [1.165, 1.54) is 22.7 Å². The first-order valence-electron chi connectivity index (χ1n) is 8.54. The zero-order valence-electron chi connectivity index (χ0n) is 14.3. The van der Waals surface area contributed by atoms with E-state index >= 15 is 0 Å². The van der Waals surface area contributed by atoms with E-state index in [2.05, 4.69) is 10.6 Å². The molecule has 1 heterocycles. The maximum atomic E-state index is 13.1. The predicted molar refractivity (Wildman–Crippen MR) is 93.3 cm³/mol. The van der Waals surface area contributed by atoms with Crippen LogP contribution in [0.4, 0.5) is 9.18 Å². The van der Waals surface area contributed by atoms with Gasteiger partial charge in [-0.05, 0) is 43.4 Å². The minimum absolute atomic E-state index is 0.0148. The Morgan fingerprint density at radius 1 is 1.24 bits per heavy atom. The van der Waals surface area contributed by atoms with Crippen molar-refractivity contribution in [2.45, 2.75) is 37.1 Å². The number of nitrogens with zero attached hydrogens (tertiary/aromatic N) is 1. The Kier molecular flexibility index (Phi) is 5.02. The average molecular weight is 369 g/mol. The molecule has 3 rings (SSSR count). The Hall–Kier alpha value is -1.67. The lowest BCUT2D eigenvalue weighted by Crippen LogP contribution is -2.49. The molecule has 0 atom stereocenters. The Morgan fingerprint density at radius 2 is 1.84 bits per heavy atom. The van der Waals surface area contributed by atoms with Crippen LogP contribution in [-0.4, -0.2) is 50.7 Å². The number of sulfonamides is 1. The van der Waals surface area contributed by atoms with Crippen LogP contribution in [0.15, 0.2) is 24.3 Å². The van der Waals surface area contributed by atoms with Crippen molar-refractivity contribution in [3.63, 3.8) is 0 Å². The van der Waals surface area contributed by atoms with Gasteiger partial charge in [-0.3, -0.25) is 0 Å². The van der Waals surface area contributed by atoms with Gasteiger partial charge in [-0.1, -0.05) is 12.1 Å². The first kappa shape index (κ1) is 18.1. The predicted octanol–water partition coefficient (Wildman–Crippen LogP) is 1.58. The third-order valence-electron chi connectivity index (χ3n) is 5.16. The number of carbonyl (C=O) groups excluding carboxylic acids is 1. The van der Waals surface area contributed by atoms with Crippen LogP contribution in [0.1, 0.15) is 31.2 Å². The summed E-state index contributed by atoms with van der Waals surface area (Å²) in [6.45, 7) is 1.39. The van der Waals surface area contributed by atoms with Crippen molar-refractivity contribution in [3.8, 4) is 0 Å². The molecule has 8 heteroatoms. The summed E-state index contributed by atoms with van der Waals surface area (Å²) in [6.07, 6.45) is 4.39. The van der Waals surface area contributed by atoms with Gasteiger partial charge in [-0.2, -0.15) is 0 Å². The maximum absolute atomic E-state index is 13.1. The first-order chi connectivity index (χ1) is 11.8. The highest BCUT2D eigenvalue weighted by atomic mass is 32.2. The minimum atomic E-state index is -3.15. The summed E-state index contributed by atoms with van der Waals surface area (Å²) in [5.41, 5.74) is 0.973. The molecule has 2 aliphatic rings. The van der Waals surface area contributed by atoms with Crippen LogP contribution in [-0.2, 0) is 15.4 Å². The molecule has 1 aliphatic carbocycles. The number of benzene rings is 1. The number of carbonyl (C=O) groups is 1. The minimum Gasteiger partial charge on any atom is -0.337 e. The molecule has 1 aromatic rings. The number of hydrogen-bond donors (Lipinski definition) is 2. The van der Waals surface area contributed by atoms with Gasteiger partial charge in [0.1, 0.15) is 5.82 Å². The van der Waals surface area contributed by atoms with Crippen LogP contribution in [0.2, 0.25) is 0 Å². The summed E-state index contributed by atoms with van der Waals surface area (Å²) >= 11 is 0. The monoisotopic (exact) mass is 369 g/mol. The molecule has 1 saturated heterocycles. The number of halogens is 1. The van der Waals surface area contributed by atoms with Crippen LogP contribution >= 0.6 is 0 Å². The van der Waals surface area contributed by atoms with Crippen LogP contribution in [0.5, 0.6) is 0 Å². The number of piperidine rings is 1. The smallest absolute Gasteiger partial charge is 0.315 e. The summed E-state index contributed by atoms with van der Waals surface area (Å²) in [5, 5.41) is 5.83. The van der Waals surface area contributed by atoms with Gasteiger partial charge in [-0.15, -0.1) is 0 Å². The van der Waals surface area contributed by atoms with Gasteiger partial charge in [0.2, 0.25) is 10.0 Å². The molecule has 1 aromatic carbocycles. The topological polar surface area (TPSA) is 78.5 Å². The highest BCUT2D eigenvalue weighted by molar-refractivity contribution is 7.88. The van der Waals surface area contributed by atoms with Gasteiger partial charge in [0, 0.05) is 31.1 Å². The SMILES string of the molecule is CS(=O)(=O)N1CCC(NC(=O)NCC2(c3ccc(F)cc3)CC2)CC1. The molecule has 0 unspecified atom stereocenters. The second-order valence-electron chi connectivity index (χ2n) is 7.05. The lowest BCUT2D eigenvalue weighted by molar-refractivity contribution is 0.227. The third-order valence-corrected chi connectivity index (χ3v) is 6.46. The van der Waals surface area contributed by atoms with Crippen LogP contribution in [0.25, 0.3) is 0 Å². The van der Waals surface area contributed by atoms with Gasteiger partial charge >= 0.3 is 6.03 Å². The molecule has 25 heavy (non-hydrogen) atoms. The average Bonchev–Trinajstić information content (AvgIpc) is 3.34. The quantitative estimate of drug-likeness (QED) is 0.827. The molecule has 1 saturated carbocycles. The van der Waals surface area contributed by atoms with E-state index in [0.29, 0.717) is 32.5 Å². The number of hydrogen-bond acceptors (Lipinski definition) is 3. The van der Waals surface area contributed by atoms with Gasteiger partial charge < -0.3 is 10.6 Å². The fourth-order valence-corrected chi connectivity index (χ4v) is 4.21. The molecule has 0 aromatic heterocycles. The number of nitrogens with one attached hydrogen (secondary N) is 2. The first-order valence-corrected chi connectivity index (χ1v) is 10.4. The van der Waals surface area contributed by atoms with E-state index in [1.54, 1.807) is 12.1 Å². The van der Waals surface area contributed by atoms with Crippen molar-refractivity contribution in [1.29, 1.82) is 0 Å². The highest BCUT2D eigenvalue weighted by Crippen LogP contribution is 2.47. The number of rotatable bonds is 5. The van der Waals surface area contributed by atoms with E-state index < -0.39 is 10.0 Å². The van der Waals surface area contributed by atoms with Crippen molar-refractivity contribution in [2.75, 3.05) is 25.9 Å². The molecular weight excluding hydrogens is 345 g/mol. The zero-order chi connectivity index (χ0) is 18.1. The van der Waals surface area contributed by atoms with E-state index in [9.17, 15) is 17.6 Å². The molecule has 1 aliphatic heterocycles. The van der Waals surface area contributed by atoms with Crippen molar-refractivity contribution >= 4 is 16.1 Å². The van der Waals surface area contributed by atoms with E-state index in [-0.39, 0.29) is 23.3 Å². The molecule has 6 nitrogen and oxygen atoms in total. The van der Waals surface area contributed by atoms with Gasteiger partial charge in [0.25, 0.3) is 0 Å². The fraction of sp³-hybridized carbons (Fsp3) is 0.588. The van der Waals surface area contributed by atoms with E-state index in [4.69, 9.17) is 0 Å². The van der Waals surface area contributed by atoms with Gasteiger partial charge in [0.05, 0.1) is 6.26 Å². The summed E-state index contributed by atoms with van der Waals surface area (Å²) in [4.78, 5) is 12.1. The molecule has 138 valence electrons. The summed E-state index contributed by atoms with van der Waals surface area (Å²) in [7, 11) is -3.15. The van der Waals surface area contributed by atoms with E-state index in [0.717, 1.165) is 18.4 Å². The highest BCUT2D eigenvalue weighted by Gasteiger charge is 2.44. The van der Waals surface area contributed by atoms with Crippen LogP contribution in [0, 0.1) is 5.82 Å². The molecule has 0 radical (unpaired) electrons. The largest absolute Gasteiger partial charge is 0.337 e. The number of amides is 2. The summed E-state index contributed by atoms with van der Waals surface area (Å²) in [6, 6.07) is 6.21. The van der Waals surface area contributed by atoms with Crippen molar-refractivity contribution in [2.24, 2.45) is 0 Å². The maximum Gasteiger partial charge on any atom is 0.315 e. The molecule has 0 spiro atoms. The number of urea groups is 1. The summed E-state index contributed by atoms with van der Waals surface area (Å²) < 4.78 is 37.5. The van der Waals surface area contributed by atoms with Crippen molar-refractivity contribution < 1.29 is 17.6 Å². The molecule has 2 amide bonds. The standard InChI is InChI=1S/C17H24FN3O3S/c1-25(23,24)21-10-6-15(7-11-21)20-16(22)19-12-17(8-9-17)13-2-4-14(18)5-3-13/h2-5,15H,6-12H2,1H3,(H2,19,20,22). The zero-order valence-corrected chi connectivity index (χ0v) is 15.1. The lowest BCUT2D eigenvalue weighted by atomic mass is 9.96. The van der Waals surface area contributed by atoms with Crippen molar-refractivity contribution in [1.82, 2.24) is 14.9 Å². The third kappa shape index (κ3) is 4.49. The fourth-order valence-electron chi connectivity index (χ4n) is 3.34. The lowest BCUT2D eigenvalue weighted by Gasteiger charge is -2.30. The molecule has 2 N–H and O–H groups in total. The second kappa shape index (κ2) is 6.92. The second-order valence-corrected chi connectivity index (χ2v) is 9.03. The Bertz CT molecular complexity index is 724. The Labute approximate surface area is 147 Å².